The van der Waals surface area contributed by atoms with Crippen LogP contribution in [0.25, 0.3) is 0 Å². The molecule has 0 aliphatic heterocycles. The third-order valence-electron chi connectivity index (χ3n) is 0.790. The maximum absolute atomic E-state index is 9.87. The highest BCUT2D eigenvalue weighted by Gasteiger charge is 1.99. The Morgan fingerprint density at radius 3 is 1.62 bits per heavy atom. The Bertz CT molecular complexity index is 187. The van der Waals surface area contributed by atoms with E-state index < -0.39 is 18.0 Å². The lowest BCUT2D eigenvalue weighted by molar-refractivity contribution is -0.140. The number of hydrogen-bond acceptors (Lipinski definition) is 4. The van der Waals surface area contributed by atoms with E-state index in [9.17, 15) is 14.4 Å². The number of ketones is 1. The zero-order chi connectivity index (χ0) is 11.0. The van der Waals surface area contributed by atoms with Crippen LogP contribution in [0.4, 0.5) is 0 Å². The average molecular weight is 191 g/mol. The Morgan fingerprint density at radius 2 is 1.62 bits per heavy atom. The summed E-state index contributed by atoms with van der Waals surface area (Å²) < 4.78 is 0. The van der Waals surface area contributed by atoms with Gasteiger partial charge in [0.05, 0.1) is 0 Å². The molecule has 0 aliphatic carbocycles. The van der Waals surface area contributed by atoms with Crippen LogP contribution in [0, 0.1) is 0 Å². The van der Waals surface area contributed by atoms with Crippen molar-refractivity contribution < 1.29 is 24.6 Å². The van der Waals surface area contributed by atoms with E-state index in [1.54, 1.807) is 0 Å². The van der Waals surface area contributed by atoms with Crippen molar-refractivity contribution in [3.05, 3.63) is 0 Å². The number of carbonyl (C=O) groups excluding carboxylic acids is 1. The van der Waals surface area contributed by atoms with Gasteiger partial charge in [-0.1, -0.05) is 0 Å². The van der Waals surface area contributed by atoms with Crippen LogP contribution >= 0.6 is 0 Å². The van der Waals surface area contributed by atoms with Crippen LogP contribution in [0.15, 0.2) is 0 Å². The van der Waals surface area contributed by atoms with Gasteiger partial charge in [-0.15, -0.1) is 0 Å². The van der Waals surface area contributed by atoms with Gasteiger partial charge in [-0.3, -0.25) is 14.4 Å². The molecule has 0 bridgehead atoms. The largest absolute Gasteiger partial charge is 0.481 e. The topological polar surface area (TPSA) is 118 Å². The number of rotatable bonds is 3. The van der Waals surface area contributed by atoms with Crippen LogP contribution in [-0.2, 0) is 14.4 Å². The molecule has 0 rings (SSSR count). The molecule has 0 saturated heterocycles. The van der Waals surface area contributed by atoms with Crippen molar-refractivity contribution in [1.82, 2.24) is 0 Å². The summed E-state index contributed by atoms with van der Waals surface area (Å²) >= 11 is 0. The van der Waals surface area contributed by atoms with E-state index in [0.717, 1.165) is 0 Å². The normalized spacial score (nSPS) is 10.7. The fourth-order valence-electron chi connectivity index (χ4n) is 0.213. The lowest BCUT2D eigenvalue weighted by Crippen LogP contribution is -2.25. The number of nitrogens with two attached hydrogens (primary N) is 1. The van der Waals surface area contributed by atoms with Gasteiger partial charge >= 0.3 is 11.9 Å². The van der Waals surface area contributed by atoms with Crippen molar-refractivity contribution in [2.45, 2.75) is 26.3 Å². The molecule has 1 unspecified atom stereocenters. The minimum atomic E-state index is -1.06. The number of carboxylic acids is 2. The highest BCUT2D eigenvalue weighted by Crippen LogP contribution is 1.77. The fourth-order valence-corrected chi connectivity index (χ4v) is 0.213. The molecule has 6 nitrogen and oxygen atoms in total. The molecule has 0 radical (unpaired) electrons. The number of aliphatic carboxylic acids is 2. The summed E-state index contributed by atoms with van der Waals surface area (Å²) in [6, 6.07) is -0.731. The second kappa shape index (κ2) is 7.23. The number of hydrogen-bond donors (Lipinski definition) is 3. The van der Waals surface area contributed by atoms with E-state index in [-0.39, 0.29) is 12.2 Å². The van der Waals surface area contributed by atoms with Gasteiger partial charge in [0.1, 0.15) is 18.2 Å². The second-order valence-electron chi connectivity index (χ2n) is 2.40. The first kappa shape index (κ1) is 14.1. The zero-order valence-corrected chi connectivity index (χ0v) is 7.48. The Hall–Kier alpha value is -1.43. The molecule has 0 spiro atoms. The quantitative estimate of drug-likeness (QED) is 0.516. The zero-order valence-electron chi connectivity index (χ0n) is 7.48. The van der Waals surface area contributed by atoms with Gasteiger partial charge in [-0.05, 0) is 13.8 Å². The summed E-state index contributed by atoms with van der Waals surface area (Å²) in [7, 11) is 0. The molecule has 0 aromatic heterocycles. The molecule has 0 heterocycles. The van der Waals surface area contributed by atoms with Gasteiger partial charge in [0.15, 0.2) is 0 Å². The number of carboxylic acid groups (broad SMARTS) is 2. The molecule has 6 heteroatoms. The number of Topliss-reactive ketones (excluding diaryl/α,β-unsaturated/α-hetero) is 1. The predicted octanol–water partition coefficient (Wildman–Crippen LogP) is -0.532. The summed E-state index contributed by atoms with van der Waals surface area (Å²) in [5, 5.41) is 15.7. The highest BCUT2D eigenvalue weighted by molar-refractivity contribution is 5.93. The summed E-state index contributed by atoms with van der Waals surface area (Å²) in [5.41, 5.74) is 4.84. The third kappa shape index (κ3) is 18.0. The summed E-state index contributed by atoms with van der Waals surface area (Å²) in [4.78, 5) is 29.0. The van der Waals surface area contributed by atoms with Crippen LogP contribution in [0.2, 0.25) is 0 Å². The predicted molar refractivity (Wildman–Crippen MR) is 44.2 cm³/mol. The van der Waals surface area contributed by atoms with E-state index in [2.05, 4.69) is 0 Å². The lowest BCUT2D eigenvalue weighted by atomic mass is 10.3. The maximum atomic E-state index is 9.87. The van der Waals surface area contributed by atoms with Crippen LogP contribution in [0.5, 0.6) is 0 Å². The minimum Gasteiger partial charge on any atom is -0.481 e. The van der Waals surface area contributed by atoms with Crippen molar-refractivity contribution in [2.24, 2.45) is 5.73 Å². The molecule has 4 N–H and O–H groups in total. The molecule has 76 valence electrons. The highest BCUT2D eigenvalue weighted by atomic mass is 16.4. The maximum Gasteiger partial charge on any atom is 0.320 e. The Kier molecular flexibility index (Phi) is 7.85. The van der Waals surface area contributed by atoms with Crippen LogP contribution in [0.1, 0.15) is 20.3 Å². The molecule has 13 heavy (non-hydrogen) atoms. The van der Waals surface area contributed by atoms with Gasteiger partial charge in [0.25, 0.3) is 0 Å². The van der Waals surface area contributed by atoms with Gasteiger partial charge in [0, 0.05) is 0 Å². The standard InChI is InChI=1S/C4H6O3.C3H7NO2/c1-3(5)2-4(6)7;1-2(4)3(5)6/h2H2,1H3,(H,6,7);2H,4H2,1H3,(H,5,6). The number of carbonyl (C=O) groups is 3. The molecule has 0 saturated carbocycles. The van der Waals surface area contributed by atoms with Crippen molar-refractivity contribution in [2.75, 3.05) is 0 Å². The van der Waals surface area contributed by atoms with Gasteiger partial charge in [-0.25, -0.2) is 0 Å². The Morgan fingerprint density at radius 1 is 1.31 bits per heavy atom. The summed E-state index contributed by atoms with van der Waals surface area (Å²) in [6.07, 6.45) is -0.361. The van der Waals surface area contributed by atoms with Crippen molar-refractivity contribution in [1.29, 1.82) is 0 Å². The lowest BCUT2D eigenvalue weighted by Gasteiger charge is -1.90. The van der Waals surface area contributed by atoms with Crippen LogP contribution < -0.4 is 5.73 Å². The van der Waals surface area contributed by atoms with Crippen LogP contribution in [0.3, 0.4) is 0 Å². The molecule has 0 fully saturated rings. The van der Waals surface area contributed by atoms with Gasteiger partial charge < -0.3 is 15.9 Å². The molecule has 0 aliphatic rings. The first-order chi connectivity index (χ1) is 5.77. The molecular weight excluding hydrogens is 178 g/mol. The first-order valence-corrected chi connectivity index (χ1v) is 3.47. The van der Waals surface area contributed by atoms with E-state index in [0.29, 0.717) is 0 Å². The van der Waals surface area contributed by atoms with Gasteiger partial charge in [0.2, 0.25) is 0 Å². The Labute approximate surface area is 75.3 Å². The van der Waals surface area contributed by atoms with Crippen LogP contribution in [-0.4, -0.2) is 34.0 Å². The molecule has 0 aromatic carbocycles. The minimum absolute atomic E-state index is 0.312. The third-order valence-corrected chi connectivity index (χ3v) is 0.790. The van der Waals surface area contributed by atoms with E-state index in [1.807, 2.05) is 0 Å². The van der Waals surface area contributed by atoms with E-state index in [1.165, 1.54) is 13.8 Å². The molecule has 1 atom stereocenters. The molecule has 0 aromatic rings. The average Bonchev–Trinajstić information content (AvgIpc) is 1.84. The smallest absolute Gasteiger partial charge is 0.320 e. The monoisotopic (exact) mass is 191 g/mol. The summed E-state index contributed by atoms with van der Waals surface area (Å²) in [5.74, 6) is -2.34. The van der Waals surface area contributed by atoms with E-state index >= 15 is 0 Å². The van der Waals surface area contributed by atoms with Crippen molar-refractivity contribution in [3.63, 3.8) is 0 Å². The van der Waals surface area contributed by atoms with Gasteiger partial charge in [-0.2, -0.15) is 0 Å². The molecule has 0 amide bonds. The summed E-state index contributed by atoms with van der Waals surface area (Å²) in [6.45, 7) is 2.66. The van der Waals surface area contributed by atoms with Crippen molar-refractivity contribution >= 4 is 17.7 Å². The molecular formula is C7H13NO5. The fraction of sp³-hybridized carbons (Fsp3) is 0.571. The first-order valence-electron chi connectivity index (χ1n) is 3.47. The van der Waals surface area contributed by atoms with Crippen molar-refractivity contribution in [3.8, 4) is 0 Å². The Balaban J connectivity index is 0. The second-order valence-corrected chi connectivity index (χ2v) is 2.40. The SMILES string of the molecule is CC(=O)CC(=O)O.CC(N)C(=O)O. The van der Waals surface area contributed by atoms with E-state index in [4.69, 9.17) is 15.9 Å².